The number of hydrogen-bond acceptors (Lipinski definition) is 5. The molecule has 0 saturated carbocycles. The van der Waals surface area contributed by atoms with Crippen molar-refractivity contribution in [3.63, 3.8) is 0 Å². The lowest BCUT2D eigenvalue weighted by Crippen LogP contribution is -2.23. The standard InChI is InChI=1S/C9H13N5O/c1-6(8-3-4-15-5-8)10-7(2)9-11-13-14-12-9/h3-7,10H,1-2H3,(H,11,12,13,14). The van der Waals surface area contributed by atoms with Crippen LogP contribution in [0.15, 0.2) is 23.0 Å². The third-order valence-corrected chi connectivity index (χ3v) is 2.29. The first-order valence-electron chi connectivity index (χ1n) is 4.79. The van der Waals surface area contributed by atoms with E-state index in [1.807, 2.05) is 13.0 Å². The van der Waals surface area contributed by atoms with Crippen LogP contribution in [-0.2, 0) is 0 Å². The first-order valence-corrected chi connectivity index (χ1v) is 4.79. The summed E-state index contributed by atoms with van der Waals surface area (Å²) >= 11 is 0. The molecule has 0 amide bonds. The number of hydrogen-bond donors (Lipinski definition) is 2. The monoisotopic (exact) mass is 207 g/mol. The molecule has 6 nitrogen and oxygen atoms in total. The Morgan fingerprint density at radius 3 is 2.87 bits per heavy atom. The molecule has 0 aromatic carbocycles. The molecule has 0 saturated heterocycles. The number of rotatable bonds is 4. The van der Waals surface area contributed by atoms with Crippen molar-refractivity contribution >= 4 is 0 Å². The Balaban J connectivity index is 1.98. The van der Waals surface area contributed by atoms with Crippen LogP contribution in [0.3, 0.4) is 0 Å². The average molecular weight is 207 g/mol. The summed E-state index contributed by atoms with van der Waals surface area (Å²) < 4.78 is 5.02. The third-order valence-electron chi connectivity index (χ3n) is 2.29. The second-order valence-corrected chi connectivity index (χ2v) is 3.44. The molecule has 2 aromatic rings. The SMILES string of the molecule is CC(NC(C)c1nn[nH]n1)c1ccoc1. The van der Waals surface area contributed by atoms with Gasteiger partial charge in [-0.3, -0.25) is 0 Å². The average Bonchev–Trinajstić information content (AvgIpc) is 2.91. The smallest absolute Gasteiger partial charge is 0.191 e. The van der Waals surface area contributed by atoms with Gasteiger partial charge in [0, 0.05) is 11.6 Å². The minimum Gasteiger partial charge on any atom is -0.472 e. The first-order chi connectivity index (χ1) is 7.27. The van der Waals surface area contributed by atoms with Crippen molar-refractivity contribution in [3.05, 3.63) is 30.0 Å². The van der Waals surface area contributed by atoms with Crippen molar-refractivity contribution in [1.82, 2.24) is 25.9 Å². The van der Waals surface area contributed by atoms with E-state index in [9.17, 15) is 0 Å². The lowest BCUT2D eigenvalue weighted by Gasteiger charge is -2.15. The van der Waals surface area contributed by atoms with Crippen molar-refractivity contribution < 1.29 is 4.42 Å². The summed E-state index contributed by atoms with van der Waals surface area (Å²) in [6.07, 6.45) is 3.38. The van der Waals surface area contributed by atoms with E-state index in [0.29, 0.717) is 5.82 Å². The maximum Gasteiger partial charge on any atom is 0.191 e. The summed E-state index contributed by atoms with van der Waals surface area (Å²) in [6.45, 7) is 4.04. The molecule has 2 unspecified atom stereocenters. The molecular weight excluding hydrogens is 194 g/mol. The predicted molar refractivity (Wildman–Crippen MR) is 52.9 cm³/mol. The number of aromatic amines is 1. The van der Waals surface area contributed by atoms with Crippen molar-refractivity contribution in [1.29, 1.82) is 0 Å². The minimum atomic E-state index is 0.0497. The zero-order valence-electron chi connectivity index (χ0n) is 8.64. The number of tetrazole rings is 1. The summed E-state index contributed by atoms with van der Waals surface area (Å²) in [6, 6.07) is 2.17. The van der Waals surface area contributed by atoms with Crippen LogP contribution in [-0.4, -0.2) is 20.6 Å². The molecule has 0 bridgehead atoms. The highest BCUT2D eigenvalue weighted by Crippen LogP contribution is 2.16. The summed E-state index contributed by atoms with van der Waals surface area (Å²) in [7, 11) is 0. The predicted octanol–water partition coefficient (Wildman–Crippen LogP) is 1.20. The van der Waals surface area contributed by atoms with Gasteiger partial charge in [-0.2, -0.15) is 5.21 Å². The van der Waals surface area contributed by atoms with Gasteiger partial charge in [0.25, 0.3) is 0 Å². The van der Waals surface area contributed by atoms with Crippen LogP contribution in [0.25, 0.3) is 0 Å². The van der Waals surface area contributed by atoms with E-state index in [4.69, 9.17) is 4.42 Å². The normalized spacial score (nSPS) is 15.1. The first kappa shape index (κ1) is 9.85. The lowest BCUT2D eigenvalue weighted by atomic mass is 10.1. The number of aromatic nitrogens is 4. The molecule has 2 rings (SSSR count). The van der Waals surface area contributed by atoms with Crippen LogP contribution < -0.4 is 5.32 Å². The maximum atomic E-state index is 5.02. The second kappa shape index (κ2) is 4.22. The quantitative estimate of drug-likeness (QED) is 0.787. The van der Waals surface area contributed by atoms with Gasteiger partial charge in [-0.15, -0.1) is 10.2 Å². The molecule has 15 heavy (non-hydrogen) atoms. The molecule has 2 atom stereocenters. The topological polar surface area (TPSA) is 79.6 Å². The zero-order valence-corrected chi connectivity index (χ0v) is 8.64. The van der Waals surface area contributed by atoms with Crippen LogP contribution in [0.1, 0.15) is 37.3 Å². The van der Waals surface area contributed by atoms with E-state index in [0.717, 1.165) is 5.56 Å². The fraction of sp³-hybridized carbons (Fsp3) is 0.444. The van der Waals surface area contributed by atoms with Crippen molar-refractivity contribution in [2.75, 3.05) is 0 Å². The molecule has 0 radical (unpaired) electrons. The molecule has 2 aromatic heterocycles. The van der Waals surface area contributed by atoms with Crippen molar-refractivity contribution in [3.8, 4) is 0 Å². The number of nitrogens with zero attached hydrogens (tertiary/aromatic N) is 3. The highest BCUT2D eigenvalue weighted by molar-refractivity contribution is 5.10. The fourth-order valence-electron chi connectivity index (χ4n) is 1.42. The van der Waals surface area contributed by atoms with Gasteiger partial charge in [0.1, 0.15) is 0 Å². The van der Waals surface area contributed by atoms with Gasteiger partial charge in [0.05, 0.1) is 18.6 Å². The Hall–Kier alpha value is -1.69. The molecular formula is C9H13N5O. The molecule has 0 aliphatic carbocycles. The van der Waals surface area contributed by atoms with Crippen LogP contribution in [0.5, 0.6) is 0 Å². The van der Waals surface area contributed by atoms with E-state index in [2.05, 4.69) is 32.9 Å². The molecule has 0 aliphatic heterocycles. The van der Waals surface area contributed by atoms with Crippen molar-refractivity contribution in [2.45, 2.75) is 25.9 Å². The van der Waals surface area contributed by atoms with Gasteiger partial charge in [0.2, 0.25) is 0 Å². The molecule has 6 heteroatoms. The lowest BCUT2D eigenvalue weighted by molar-refractivity contribution is 0.470. The summed E-state index contributed by atoms with van der Waals surface area (Å²) in [4.78, 5) is 0. The molecule has 80 valence electrons. The molecule has 2 N–H and O–H groups in total. The highest BCUT2D eigenvalue weighted by atomic mass is 16.3. The van der Waals surface area contributed by atoms with Gasteiger partial charge < -0.3 is 9.73 Å². The van der Waals surface area contributed by atoms with E-state index in [1.165, 1.54) is 0 Å². The van der Waals surface area contributed by atoms with Crippen LogP contribution >= 0.6 is 0 Å². The zero-order chi connectivity index (χ0) is 10.7. The van der Waals surface area contributed by atoms with Crippen molar-refractivity contribution in [2.24, 2.45) is 0 Å². The van der Waals surface area contributed by atoms with Crippen LogP contribution in [0, 0.1) is 0 Å². The third kappa shape index (κ3) is 2.21. The molecule has 2 heterocycles. The number of nitrogens with one attached hydrogen (secondary N) is 2. The summed E-state index contributed by atoms with van der Waals surface area (Å²) in [5.41, 5.74) is 1.10. The Morgan fingerprint density at radius 1 is 1.40 bits per heavy atom. The van der Waals surface area contributed by atoms with Gasteiger partial charge >= 0.3 is 0 Å². The van der Waals surface area contributed by atoms with Gasteiger partial charge in [-0.1, -0.05) is 5.21 Å². The van der Waals surface area contributed by atoms with Crippen LogP contribution in [0.4, 0.5) is 0 Å². The Kier molecular flexibility index (Phi) is 2.77. The van der Waals surface area contributed by atoms with Gasteiger partial charge in [-0.05, 0) is 19.9 Å². The Morgan fingerprint density at radius 2 is 2.27 bits per heavy atom. The Bertz CT molecular complexity index is 344. The second-order valence-electron chi connectivity index (χ2n) is 3.44. The summed E-state index contributed by atoms with van der Waals surface area (Å²) in [5.74, 6) is 0.658. The molecule has 0 fully saturated rings. The number of furan rings is 1. The van der Waals surface area contributed by atoms with Gasteiger partial charge in [-0.25, -0.2) is 0 Å². The minimum absolute atomic E-state index is 0.0497. The Labute approximate surface area is 87.1 Å². The van der Waals surface area contributed by atoms with Gasteiger partial charge in [0.15, 0.2) is 5.82 Å². The number of H-pyrrole nitrogens is 1. The molecule has 0 aliphatic rings. The maximum absolute atomic E-state index is 5.02. The summed E-state index contributed by atoms with van der Waals surface area (Å²) in [5, 5.41) is 17.1. The van der Waals surface area contributed by atoms with E-state index in [1.54, 1.807) is 12.5 Å². The van der Waals surface area contributed by atoms with Crippen LogP contribution in [0.2, 0.25) is 0 Å². The largest absolute Gasteiger partial charge is 0.472 e. The molecule has 0 spiro atoms. The van der Waals surface area contributed by atoms with E-state index >= 15 is 0 Å². The van der Waals surface area contributed by atoms with E-state index < -0.39 is 0 Å². The van der Waals surface area contributed by atoms with E-state index in [-0.39, 0.29) is 12.1 Å². The fourth-order valence-corrected chi connectivity index (χ4v) is 1.42. The highest BCUT2D eigenvalue weighted by Gasteiger charge is 2.14.